The van der Waals surface area contributed by atoms with Crippen molar-refractivity contribution in [2.75, 3.05) is 0 Å². The van der Waals surface area contributed by atoms with E-state index < -0.39 is 0 Å². The summed E-state index contributed by atoms with van der Waals surface area (Å²) < 4.78 is 2.25. The zero-order valence-electron chi connectivity index (χ0n) is 29.5. The fourth-order valence-corrected chi connectivity index (χ4v) is 8.15. The third-order valence-corrected chi connectivity index (χ3v) is 10.6. The van der Waals surface area contributed by atoms with Crippen LogP contribution in [0.3, 0.4) is 0 Å². The van der Waals surface area contributed by atoms with Gasteiger partial charge in [0.05, 0.1) is 22.4 Å². The van der Waals surface area contributed by atoms with Gasteiger partial charge in [0.1, 0.15) is 11.6 Å². The predicted molar refractivity (Wildman–Crippen MR) is 221 cm³/mol. The Hall–Kier alpha value is -7.04. The molecule has 4 heteroatoms. The summed E-state index contributed by atoms with van der Waals surface area (Å²) >= 11 is 0. The average molecular weight is 694 g/mol. The molecule has 0 atom stereocenters. The van der Waals surface area contributed by atoms with E-state index in [1.54, 1.807) is 6.07 Å². The number of fused-ring (bicyclic) bond motifs is 4. The first-order valence-corrected chi connectivity index (χ1v) is 18.4. The molecule has 1 N–H and O–H groups in total. The van der Waals surface area contributed by atoms with E-state index in [1.165, 1.54) is 11.1 Å². The number of imidazole rings is 1. The third-order valence-electron chi connectivity index (χ3n) is 10.6. The summed E-state index contributed by atoms with van der Waals surface area (Å²) in [7, 11) is 0. The third kappa shape index (κ3) is 5.39. The van der Waals surface area contributed by atoms with Gasteiger partial charge in [0.15, 0.2) is 0 Å². The number of hydrogen-bond donors (Lipinski definition) is 1. The van der Waals surface area contributed by atoms with Crippen LogP contribution in [0.5, 0.6) is 5.75 Å². The minimum absolute atomic E-state index is 0.319. The van der Waals surface area contributed by atoms with Gasteiger partial charge in [-0.05, 0) is 94.3 Å². The van der Waals surface area contributed by atoms with Crippen molar-refractivity contribution in [3.63, 3.8) is 0 Å². The van der Waals surface area contributed by atoms with Crippen LogP contribution < -0.4 is 0 Å². The second-order valence-corrected chi connectivity index (χ2v) is 13.8. The van der Waals surface area contributed by atoms with E-state index in [2.05, 4.69) is 168 Å². The summed E-state index contributed by atoms with van der Waals surface area (Å²) in [6.45, 7) is 0. The first-order valence-electron chi connectivity index (χ1n) is 18.4. The van der Waals surface area contributed by atoms with Crippen LogP contribution >= 0.6 is 0 Å². The number of hydrogen-bond acceptors (Lipinski definition) is 3. The lowest BCUT2D eigenvalue weighted by atomic mass is 9.84. The highest BCUT2D eigenvalue weighted by Crippen LogP contribution is 2.43. The van der Waals surface area contributed by atoms with E-state index in [1.807, 2.05) is 12.1 Å². The van der Waals surface area contributed by atoms with Crippen molar-refractivity contribution in [1.29, 1.82) is 0 Å². The lowest BCUT2D eigenvalue weighted by Gasteiger charge is -2.21. The number of benzene rings is 7. The molecule has 0 radical (unpaired) electrons. The number of pyridine rings is 1. The Balaban J connectivity index is 1.18. The van der Waals surface area contributed by atoms with E-state index in [-0.39, 0.29) is 0 Å². The van der Waals surface area contributed by atoms with Gasteiger partial charge < -0.3 is 5.11 Å². The highest BCUT2D eigenvalue weighted by atomic mass is 16.3. The van der Waals surface area contributed by atoms with Crippen LogP contribution in [0, 0.1) is 0 Å². The summed E-state index contributed by atoms with van der Waals surface area (Å²) in [4.78, 5) is 10.9. The van der Waals surface area contributed by atoms with Crippen molar-refractivity contribution >= 4 is 11.0 Å². The Kier molecular flexibility index (Phi) is 7.73. The van der Waals surface area contributed by atoms with Crippen LogP contribution in [-0.2, 0) is 12.8 Å². The summed E-state index contributed by atoms with van der Waals surface area (Å²) in [5.41, 5.74) is 16.7. The Morgan fingerprint density at radius 3 is 1.78 bits per heavy atom. The molecule has 0 saturated heterocycles. The molecular weight excluding hydrogens is 659 g/mol. The molecule has 256 valence electrons. The molecule has 7 aromatic carbocycles. The number of phenolic OH excluding ortho intramolecular Hbond substituents is 1. The lowest BCUT2D eigenvalue weighted by Crippen LogP contribution is -2.05. The maximum absolute atomic E-state index is 11.0. The van der Waals surface area contributed by atoms with Gasteiger partial charge in [-0.2, -0.15) is 0 Å². The molecule has 0 amide bonds. The van der Waals surface area contributed by atoms with Crippen LogP contribution in [0.15, 0.2) is 182 Å². The SMILES string of the molecule is Oc1cccc2c1-c1cc(-c3nc4c(-c5cccc(-c6c(-c7ccccc7)cccc6-c6ccccc6)n5)cccc4n3-c3ccccc3)ccc1CC2. The topological polar surface area (TPSA) is 50.9 Å². The van der Waals surface area contributed by atoms with Gasteiger partial charge in [-0.1, -0.05) is 140 Å². The first kappa shape index (κ1) is 31.7. The molecule has 2 heterocycles. The minimum atomic E-state index is 0.319. The molecule has 2 aromatic heterocycles. The van der Waals surface area contributed by atoms with Gasteiger partial charge in [-0.25, -0.2) is 9.97 Å². The number of nitrogens with zero attached hydrogens (tertiary/aromatic N) is 3. The average Bonchev–Trinajstić information content (AvgIpc) is 3.64. The summed E-state index contributed by atoms with van der Waals surface area (Å²) in [6.07, 6.45) is 1.85. The molecule has 0 spiro atoms. The Morgan fingerprint density at radius 1 is 0.426 bits per heavy atom. The molecule has 0 unspecified atom stereocenters. The zero-order chi connectivity index (χ0) is 36.0. The molecular formula is C50H35N3O. The van der Waals surface area contributed by atoms with E-state index in [0.717, 1.165) is 96.8 Å². The fourth-order valence-electron chi connectivity index (χ4n) is 8.15. The number of aryl methyl sites for hydroxylation is 2. The Morgan fingerprint density at radius 2 is 1.04 bits per heavy atom. The van der Waals surface area contributed by atoms with Crippen LogP contribution in [0.2, 0.25) is 0 Å². The Bertz CT molecular complexity index is 2770. The molecule has 9 aromatic rings. The molecule has 1 aliphatic rings. The van der Waals surface area contributed by atoms with Gasteiger partial charge in [0.25, 0.3) is 0 Å². The maximum atomic E-state index is 11.0. The molecule has 4 nitrogen and oxygen atoms in total. The van der Waals surface area contributed by atoms with Crippen molar-refractivity contribution in [1.82, 2.24) is 14.5 Å². The van der Waals surface area contributed by atoms with E-state index in [4.69, 9.17) is 9.97 Å². The molecule has 0 fully saturated rings. The van der Waals surface area contributed by atoms with Gasteiger partial charge in [-0.15, -0.1) is 0 Å². The molecule has 0 aliphatic heterocycles. The largest absolute Gasteiger partial charge is 0.507 e. The lowest BCUT2D eigenvalue weighted by molar-refractivity contribution is 0.476. The monoisotopic (exact) mass is 693 g/mol. The predicted octanol–water partition coefficient (Wildman–Crippen LogP) is 12.2. The van der Waals surface area contributed by atoms with Crippen molar-refractivity contribution < 1.29 is 5.11 Å². The van der Waals surface area contributed by atoms with Crippen molar-refractivity contribution in [2.45, 2.75) is 12.8 Å². The zero-order valence-corrected chi connectivity index (χ0v) is 29.5. The molecule has 0 bridgehead atoms. The number of rotatable bonds is 6. The summed E-state index contributed by atoms with van der Waals surface area (Å²) in [6, 6.07) is 63.2. The first-order chi connectivity index (χ1) is 26.7. The van der Waals surface area contributed by atoms with Crippen LogP contribution in [-0.4, -0.2) is 19.6 Å². The van der Waals surface area contributed by atoms with E-state index >= 15 is 0 Å². The second-order valence-electron chi connectivity index (χ2n) is 13.8. The molecule has 10 rings (SSSR count). The van der Waals surface area contributed by atoms with Crippen LogP contribution in [0.1, 0.15) is 11.1 Å². The molecule has 1 aliphatic carbocycles. The minimum Gasteiger partial charge on any atom is -0.507 e. The van der Waals surface area contributed by atoms with Gasteiger partial charge in [-0.3, -0.25) is 4.57 Å². The van der Waals surface area contributed by atoms with Crippen LogP contribution in [0.25, 0.3) is 84.0 Å². The van der Waals surface area contributed by atoms with Gasteiger partial charge >= 0.3 is 0 Å². The highest BCUT2D eigenvalue weighted by Gasteiger charge is 2.23. The number of para-hydroxylation sites is 2. The number of phenols is 1. The van der Waals surface area contributed by atoms with Crippen molar-refractivity contribution in [3.8, 4) is 78.7 Å². The molecule has 54 heavy (non-hydrogen) atoms. The van der Waals surface area contributed by atoms with E-state index in [9.17, 15) is 5.11 Å². The maximum Gasteiger partial charge on any atom is 0.145 e. The Labute approximate surface area is 314 Å². The number of aromatic hydroxyl groups is 1. The van der Waals surface area contributed by atoms with E-state index in [0.29, 0.717) is 5.75 Å². The summed E-state index contributed by atoms with van der Waals surface area (Å²) in [5, 5.41) is 11.0. The normalized spacial score (nSPS) is 12.0. The second kappa shape index (κ2) is 13.2. The smallest absolute Gasteiger partial charge is 0.145 e. The van der Waals surface area contributed by atoms with Gasteiger partial charge in [0, 0.05) is 27.9 Å². The van der Waals surface area contributed by atoms with Gasteiger partial charge in [0.2, 0.25) is 0 Å². The molecule has 0 saturated carbocycles. The standard InChI is InChI=1S/C50H35N3O/c54-46-27-10-18-36-30-28-35-29-31-37(32-42(35)47(36)46)50-52-49-41(23-12-26-45(49)53(50)38-19-8-3-9-20-38)43-24-13-25-44(51-43)48-39(33-14-4-1-5-15-33)21-11-22-40(48)34-16-6-2-7-17-34/h1-27,29,31-32,54H,28,30H2. The van der Waals surface area contributed by atoms with Crippen molar-refractivity contribution in [2.24, 2.45) is 0 Å². The van der Waals surface area contributed by atoms with Crippen LogP contribution in [0.4, 0.5) is 0 Å². The quantitative estimate of drug-likeness (QED) is 0.189. The highest BCUT2D eigenvalue weighted by molar-refractivity contribution is 5.97. The fraction of sp³-hybridized carbons (Fsp3) is 0.0400. The van der Waals surface area contributed by atoms with Crippen molar-refractivity contribution in [3.05, 3.63) is 193 Å². The summed E-state index contributed by atoms with van der Waals surface area (Å²) in [5.74, 6) is 1.16. The number of aromatic nitrogens is 3.